The fourth-order valence-corrected chi connectivity index (χ4v) is 3.52. The minimum absolute atomic E-state index is 0.186. The van der Waals surface area contributed by atoms with E-state index in [1.54, 1.807) is 39.8 Å². The zero-order valence-electron chi connectivity index (χ0n) is 18.1. The van der Waals surface area contributed by atoms with Crippen LogP contribution in [-0.4, -0.2) is 37.2 Å². The number of nitrogens with one attached hydrogen (secondary N) is 1. The van der Waals surface area contributed by atoms with Gasteiger partial charge in [-0.2, -0.15) is 0 Å². The first-order valence-electron chi connectivity index (χ1n) is 10.0. The molecule has 2 heterocycles. The summed E-state index contributed by atoms with van der Waals surface area (Å²) < 4.78 is 16.4. The van der Waals surface area contributed by atoms with E-state index in [0.717, 1.165) is 16.5 Å². The number of fused-ring (bicyclic) bond motifs is 1. The molecule has 0 radical (unpaired) electrons. The number of hydrogen-bond acceptors (Lipinski definition) is 6. The van der Waals surface area contributed by atoms with Crippen molar-refractivity contribution in [2.75, 3.05) is 21.3 Å². The highest BCUT2D eigenvalue weighted by Crippen LogP contribution is 2.41. The van der Waals surface area contributed by atoms with E-state index in [2.05, 4.69) is 10.3 Å². The molecule has 1 amide bonds. The molecule has 0 atom stereocenters. The molecule has 7 heteroatoms. The third kappa shape index (κ3) is 4.18. The maximum absolute atomic E-state index is 13.1. The van der Waals surface area contributed by atoms with Crippen molar-refractivity contribution < 1.29 is 19.0 Å². The molecule has 2 aromatic heterocycles. The van der Waals surface area contributed by atoms with Crippen LogP contribution in [0.1, 0.15) is 15.9 Å². The molecule has 0 bridgehead atoms. The number of amides is 1. The van der Waals surface area contributed by atoms with Gasteiger partial charge in [-0.15, -0.1) is 0 Å². The minimum atomic E-state index is -0.186. The van der Waals surface area contributed by atoms with Gasteiger partial charge in [-0.1, -0.05) is 18.2 Å². The molecule has 0 fully saturated rings. The Kier molecular flexibility index (Phi) is 6.17. The summed E-state index contributed by atoms with van der Waals surface area (Å²) in [7, 11) is 4.68. The molecule has 4 aromatic rings. The smallest absolute Gasteiger partial charge is 0.252 e. The van der Waals surface area contributed by atoms with Gasteiger partial charge in [0.05, 0.1) is 38.1 Å². The Morgan fingerprint density at radius 2 is 1.59 bits per heavy atom. The summed E-state index contributed by atoms with van der Waals surface area (Å²) in [6.07, 6.45) is 3.40. The van der Waals surface area contributed by atoms with Crippen LogP contribution in [-0.2, 0) is 6.54 Å². The van der Waals surface area contributed by atoms with Crippen molar-refractivity contribution in [3.8, 4) is 28.5 Å². The number of carbonyl (C=O) groups excluding carboxylic acids is 1. The van der Waals surface area contributed by atoms with Crippen molar-refractivity contribution in [1.29, 1.82) is 0 Å². The Labute approximate surface area is 186 Å². The van der Waals surface area contributed by atoms with Crippen LogP contribution in [0.2, 0.25) is 0 Å². The highest BCUT2D eigenvalue weighted by atomic mass is 16.5. The van der Waals surface area contributed by atoms with Crippen LogP contribution in [0.25, 0.3) is 22.2 Å². The maximum atomic E-state index is 13.1. The molecule has 0 aliphatic carbocycles. The van der Waals surface area contributed by atoms with Crippen LogP contribution in [0, 0.1) is 0 Å². The van der Waals surface area contributed by atoms with Crippen molar-refractivity contribution in [1.82, 2.24) is 15.3 Å². The molecule has 0 spiro atoms. The molecule has 0 saturated heterocycles. The van der Waals surface area contributed by atoms with E-state index in [9.17, 15) is 4.79 Å². The summed E-state index contributed by atoms with van der Waals surface area (Å²) in [5.74, 6) is 1.34. The number of methoxy groups -OCH3 is 3. The number of rotatable bonds is 7. The van der Waals surface area contributed by atoms with E-state index in [1.807, 2.05) is 48.5 Å². The lowest BCUT2D eigenvalue weighted by Gasteiger charge is -2.15. The summed E-state index contributed by atoms with van der Waals surface area (Å²) in [5, 5.41) is 3.76. The zero-order chi connectivity index (χ0) is 22.5. The average Bonchev–Trinajstić information content (AvgIpc) is 2.86. The van der Waals surface area contributed by atoms with Crippen LogP contribution >= 0.6 is 0 Å². The number of hydrogen-bond donors (Lipinski definition) is 1. The zero-order valence-corrected chi connectivity index (χ0v) is 18.1. The van der Waals surface area contributed by atoms with Crippen LogP contribution in [0.4, 0.5) is 0 Å². The van der Waals surface area contributed by atoms with Crippen LogP contribution in [0.3, 0.4) is 0 Å². The highest BCUT2D eigenvalue weighted by Gasteiger charge is 2.18. The lowest BCUT2D eigenvalue weighted by atomic mass is 10.0. The van der Waals surface area contributed by atoms with Crippen LogP contribution in [0.5, 0.6) is 17.2 Å². The summed E-state index contributed by atoms with van der Waals surface area (Å²) >= 11 is 0. The van der Waals surface area contributed by atoms with Gasteiger partial charge in [-0.05, 0) is 42.0 Å². The quantitative estimate of drug-likeness (QED) is 0.473. The van der Waals surface area contributed by atoms with Gasteiger partial charge >= 0.3 is 0 Å². The summed E-state index contributed by atoms with van der Waals surface area (Å²) in [6.45, 7) is 0.400. The van der Waals surface area contributed by atoms with Gasteiger partial charge in [0.25, 0.3) is 5.91 Å². The van der Waals surface area contributed by atoms with Gasteiger partial charge in [0.15, 0.2) is 11.5 Å². The predicted octanol–water partition coefficient (Wildman–Crippen LogP) is 4.25. The summed E-state index contributed by atoms with van der Waals surface area (Å²) in [4.78, 5) is 21.9. The summed E-state index contributed by atoms with van der Waals surface area (Å²) in [6, 6.07) is 16.7. The van der Waals surface area contributed by atoms with E-state index in [1.165, 1.54) is 0 Å². The Morgan fingerprint density at radius 3 is 2.25 bits per heavy atom. The van der Waals surface area contributed by atoms with E-state index in [0.29, 0.717) is 40.6 Å². The molecular weight excluding hydrogens is 406 g/mol. The van der Waals surface area contributed by atoms with Crippen molar-refractivity contribution in [2.45, 2.75) is 6.54 Å². The van der Waals surface area contributed by atoms with E-state index in [4.69, 9.17) is 19.2 Å². The average molecular weight is 429 g/mol. The SMILES string of the molecule is COc1cc(-c2cc(C(=O)NCc3ccncc3)c3ccccc3n2)cc(OC)c1OC. The Morgan fingerprint density at radius 1 is 0.906 bits per heavy atom. The second-order valence-electron chi connectivity index (χ2n) is 7.02. The first kappa shape index (κ1) is 21.1. The molecule has 7 nitrogen and oxygen atoms in total. The first-order chi connectivity index (χ1) is 15.6. The number of pyridine rings is 2. The minimum Gasteiger partial charge on any atom is -0.493 e. The maximum Gasteiger partial charge on any atom is 0.252 e. The lowest BCUT2D eigenvalue weighted by Crippen LogP contribution is -2.23. The molecule has 4 rings (SSSR count). The Balaban J connectivity index is 1.78. The van der Waals surface area contributed by atoms with Crippen molar-refractivity contribution in [3.63, 3.8) is 0 Å². The van der Waals surface area contributed by atoms with Crippen molar-refractivity contribution >= 4 is 16.8 Å². The Hall–Kier alpha value is -4.13. The van der Waals surface area contributed by atoms with E-state index >= 15 is 0 Å². The topological polar surface area (TPSA) is 82.6 Å². The van der Waals surface area contributed by atoms with E-state index < -0.39 is 0 Å². The molecular formula is C25H23N3O4. The van der Waals surface area contributed by atoms with Crippen LogP contribution in [0.15, 0.2) is 67.0 Å². The van der Waals surface area contributed by atoms with Gasteiger partial charge in [-0.3, -0.25) is 9.78 Å². The normalized spacial score (nSPS) is 10.6. The predicted molar refractivity (Wildman–Crippen MR) is 122 cm³/mol. The highest BCUT2D eigenvalue weighted by molar-refractivity contribution is 6.07. The van der Waals surface area contributed by atoms with Crippen molar-refractivity contribution in [3.05, 3.63) is 78.1 Å². The Bertz CT molecular complexity index is 1230. The number of para-hydroxylation sites is 1. The summed E-state index contributed by atoms with van der Waals surface area (Å²) in [5.41, 5.74) is 3.59. The standard InChI is InChI=1S/C25H23N3O4/c1-30-22-12-17(13-23(31-2)24(22)32-3)21-14-19(18-6-4-5-7-20(18)28-21)25(29)27-15-16-8-10-26-11-9-16/h4-14H,15H2,1-3H3,(H,27,29). The van der Waals surface area contributed by atoms with E-state index in [-0.39, 0.29) is 5.91 Å². The molecule has 1 N–H and O–H groups in total. The number of carbonyl (C=O) groups is 1. The van der Waals surface area contributed by atoms with Crippen LogP contribution < -0.4 is 19.5 Å². The second-order valence-corrected chi connectivity index (χ2v) is 7.02. The van der Waals surface area contributed by atoms with Gasteiger partial charge in [0, 0.05) is 29.9 Å². The van der Waals surface area contributed by atoms with Gasteiger partial charge < -0.3 is 19.5 Å². The molecule has 162 valence electrons. The largest absolute Gasteiger partial charge is 0.493 e. The van der Waals surface area contributed by atoms with Gasteiger partial charge in [0.1, 0.15) is 0 Å². The third-order valence-electron chi connectivity index (χ3n) is 5.12. The monoisotopic (exact) mass is 429 g/mol. The number of ether oxygens (including phenoxy) is 3. The molecule has 0 aliphatic heterocycles. The number of nitrogens with zero attached hydrogens (tertiary/aromatic N) is 2. The third-order valence-corrected chi connectivity index (χ3v) is 5.12. The molecule has 0 aliphatic rings. The van der Waals surface area contributed by atoms with Gasteiger partial charge in [-0.25, -0.2) is 4.98 Å². The fourth-order valence-electron chi connectivity index (χ4n) is 3.52. The van der Waals surface area contributed by atoms with Gasteiger partial charge in [0.2, 0.25) is 5.75 Å². The fraction of sp³-hybridized carbons (Fsp3) is 0.160. The lowest BCUT2D eigenvalue weighted by molar-refractivity contribution is 0.0952. The number of aromatic nitrogens is 2. The first-order valence-corrected chi connectivity index (χ1v) is 10.0. The van der Waals surface area contributed by atoms with Crippen molar-refractivity contribution in [2.24, 2.45) is 0 Å². The number of benzene rings is 2. The molecule has 0 unspecified atom stereocenters. The molecule has 0 saturated carbocycles. The molecule has 2 aromatic carbocycles. The molecule has 32 heavy (non-hydrogen) atoms. The second kappa shape index (κ2) is 9.34.